The zero-order valence-electron chi connectivity index (χ0n) is 8.95. The van der Waals surface area contributed by atoms with E-state index in [-0.39, 0.29) is 6.04 Å². The highest BCUT2D eigenvalue weighted by molar-refractivity contribution is 5.15. The molecule has 1 saturated heterocycles. The average Bonchev–Trinajstić information content (AvgIpc) is 2.85. The van der Waals surface area contributed by atoms with Crippen LogP contribution in [0, 0.1) is 0 Å². The van der Waals surface area contributed by atoms with Gasteiger partial charge in [0.15, 0.2) is 0 Å². The lowest BCUT2D eigenvalue weighted by Crippen LogP contribution is -2.25. The van der Waals surface area contributed by atoms with E-state index in [1.807, 2.05) is 6.20 Å². The highest BCUT2D eigenvalue weighted by atomic mass is 15.1. The molecule has 0 bridgehead atoms. The molecule has 0 amide bonds. The molecule has 2 aliphatic heterocycles. The molecular weight excluding hydrogens is 188 g/mol. The van der Waals surface area contributed by atoms with Crippen molar-refractivity contribution in [3.63, 3.8) is 0 Å². The molecule has 0 spiro atoms. The van der Waals surface area contributed by atoms with E-state index in [4.69, 9.17) is 5.73 Å². The first-order valence-corrected chi connectivity index (χ1v) is 5.90. The molecule has 0 radical (unpaired) electrons. The van der Waals surface area contributed by atoms with Gasteiger partial charge in [-0.1, -0.05) is 0 Å². The fourth-order valence-corrected chi connectivity index (χ4v) is 2.74. The average molecular weight is 206 g/mol. The Morgan fingerprint density at radius 1 is 1.40 bits per heavy atom. The van der Waals surface area contributed by atoms with Crippen LogP contribution in [-0.2, 0) is 6.54 Å². The van der Waals surface area contributed by atoms with Gasteiger partial charge in [-0.2, -0.15) is 0 Å². The first-order valence-electron chi connectivity index (χ1n) is 5.90. The third-order valence-corrected chi connectivity index (χ3v) is 3.57. The molecule has 82 valence electrons. The minimum absolute atomic E-state index is 0.196. The first-order chi connectivity index (χ1) is 7.36. The largest absolute Gasteiger partial charge is 0.329 e. The Bertz CT molecular complexity index is 351. The molecule has 2 unspecified atom stereocenters. The fraction of sp³-hybridized carbons (Fsp3) is 0.727. The lowest BCUT2D eigenvalue weighted by Gasteiger charge is -2.23. The van der Waals surface area contributed by atoms with Crippen molar-refractivity contribution in [3.05, 3.63) is 17.7 Å². The van der Waals surface area contributed by atoms with Crippen molar-refractivity contribution in [2.45, 2.75) is 44.3 Å². The molecule has 3 rings (SSSR count). The Kier molecular flexibility index (Phi) is 2.25. The van der Waals surface area contributed by atoms with Crippen molar-refractivity contribution in [1.82, 2.24) is 14.9 Å². The van der Waals surface area contributed by atoms with Crippen LogP contribution in [0.1, 0.15) is 49.3 Å². The van der Waals surface area contributed by atoms with Gasteiger partial charge in [0.25, 0.3) is 0 Å². The lowest BCUT2D eigenvalue weighted by atomic mass is 10.1. The van der Waals surface area contributed by atoms with Crippen LogP contribution in [0.15, 0.2) is 6.20 Å². The highest BCUT2D eigenvalue weighted by Crippen LogP contribution is 2.29. The molecule has 2 atom stereocenters. The van der Waals surface area contributed by atoms with Gasteiger partial charge in [0, 0.05) is 12.6 Å². The lowest BCUT2D eigenvalue weighted by molar-refractivity contribution is 0.435. The van der Waals surface area contributed by atoms with Crippen molar-refractivity contribution in [1.29, 1.82) is 0 Å². The predicted octanol–water partition coefficient (Wildman–Crippen LogP) is 1.10. The summed E-state index contributed by atoms with van der Waals surface area (Å²) in [6.45, 7) is 2.22. The fourth-order valence-electron chi connectivity index (χ4n) is 2.74. The molecule has 15 heavy (non-hydrogen) atoms. The molecule has 4 nitrogen and oxygen atoms in total. The highest BCUT2D eigenvalue weighted by Gasteiger charge is 2.26. The standard InChI is InChI=1S/C11H18N4/c12-8-3-2-6-15-10(8)7-14-11(15)9-4-1-5-13-9/h7-9,13H,1-6,12H2. The maximum Gasteiger partial charge on any atom is 0.126 e. The van der Waals surface area contributed by atoms with Crippen molar-refractivity contribution in [2.24, 2.45) is 5.73 Å². The van der Waals surface area contributed by atoms with Crippen molar-refractivity contribution >= 4 is 0 Å². The van der Waals surface area contributed by atoms with E-state index in [1.54, 1.807) is 0 Å². The molecule has 2 aliphatic rings. The Labute approximate surface area is 89.9 Å². The third kappa shape index (κ3) is 1.48. The normalized spacial score (nSPS) is 30.5. The molecule has 3 N–H and O–H groups in total. The number of hydrogen-bond acceptors (Lipinski definition) is 3. The molecule has 1 aromatic rings. The van der Waals surface area contributed by atoms with E-state index >= 15 is 0 Å². The van der Waals surface area contributed by atoms with Gasteiger partial charge in [-0.15, -0.1) is 0 Å². The van der Waals surface area contributed by atoms with Crippen LogP contribution in [-0.4, -0.2) is 16.1 Å². The molecule has 4 heteroatoms. The van der Waals surface area contributed by atoms with Crippen LogP contribution >= 0.6 is 0 Å². The summed E-state index contributed by atoms with van der Waals surface area (Å²) < 4.78 is 2.33. The van der Waals surface area contributed by atoms with Crippen molar-refractivity contribution < 1.29 is 0 Å². The van der Waals surface area contributed by atoms with Crippen LogP contribution in [0.4, 0.5) is 0 Å². The number of fused-ring (bicyclic) bond motifs is 1. The number of aromatic nitrogens is 2. The van der Waals surface area contributed by atoms with E-state index in [9.17, 15) is 0 Å². The Morgan fingerprint density at radius 3 is 3.13 bits per heavy atom. The zero-order chi connectivity index (χ0) is 10.3. The first kappa shape index (κ1) is 9.36. The maximum atomic E-state index is 6.08. The number of imidazole rings is 1. The van der Waals surface area contributed by atoms with Gasteiger partial charge >= 0.3 is 0 Å². The topological polar surface area (TPSA) is 55.9 Å². The van der Waals surface area contributed by atoms with E-state index in [1.165, 1.54) is 30.8 Å². The third-order valence-electron chi connectivity index (χ3n) is 3.57. The molecule has 0 saturated carbocycles. The van der Waals surface area contributed by atoms with E-state index in [0.717, 1.165) is 19.5 Å². The molecule has 1 aromatic heterocycles. The van der Waals surface area contributed by atoms with Crippen LogP contribution in [0.5, 0.6) is 0 Å². The van der Waals surface area contributed by atoms with Crippen LogP contribution < -0.4 is 11.1 Å². The molecule has 0 aromatic carbocycles. The number of nitrogens with one attached hydrogen (secondary N) is 1. The predicted molar refractivity (Wildman–Crippen MR) is 58.4 cm³/mol. The summed E-state index contributed by atoms with van der Waals surface area (Å²) in [5.74, 6) is 1.21. The SMILES string of the molecule is NC1CCCn2c1cnc2C1CCCN1. The molecule has 1 fully saturated rings. The summed E-state index contributed by atoms with van der Waals surface area (Å²) in [4.78, 5) is 4.55. The quantitative estimate of drug-likeness (QED) is 0.723. The Hall–Kier alpha value is -0.870. The van der Waals surface area contributed by atoms with E-state index in [2.05, 4.69) is 14.9 Å². The van der Waals surface area contributed by atoms with Crippen molar-refractivity contribution in [2.75, 3.05) is 6.54 Å². The van der Waals surface area contributed by atoms with Gasteiger partial charge in [-0.25, -0.2) is 4.98 Å². The molecular formula is C11H18N4. The number of nitrogens with zero attached hydrogens (tertiary/aromatic N) is 2. The van der Waals surface area contributed by atoms with Crippen LogP contribution in [0.2, 0.25) is 0 Å². The summed E-state index contributed by atoms with van der Waals surface area (Å²) in [6, 6.07) is 0.658. The van der Waals surface area contributed by atoms with Gasteiger partial charge < -0.3 is 15.6 Å². The van der Waals surface area contributed by atoms with E-state index < -0.39 is 0 Å². The summed E-state index contributed by atoms with van der Waals surface area (Å²) >= 11 is 0. The van der Waals surface area contributed by atoms with Crippen LogP contribution in [0.3, 0.4) is 0 Å². The summed E-state index contributed by atoms with van der Waals surface area (Å²) in [5.41, 5.74) is 7.30. The second kappa shape index (κ2) is 3.61. The summed E-state index contributed by atoms with van der Waals surface area (Å²) in [5, 5.41) is 3.50. The second-order valence-corrected chi connectivity index (χ2v) is 4.59. The van der Waals surface area contributed by atoms with Gasteiger partial charge in [0.2, 0.25) is 0 Å². The minimum Gasteiger partial charge on any atom is -0.329 e. The molecule has 0 aliphatic carbocycles. The summed E-state index contributed by atoms with van der Waals surface area (Å²) in [7, 11) is 0. The monoisotopic (exact) mass is 206 g/mol. The number of hydrogen-bond donors (Lipinski definition) is 2. The number of nitrogens with two attached hydrogens (primary N) is 1. The minimum atomic E-state index is 0.196. The van der Waals surface area contributed by atoms with Gasteiger partial charge in [0.1, 0.15) is 5.82 Å². The summed E-state index contributed by atoms with van der Waals surface area (Å²) in [6.07, 6.45) is 6.73. The van der Waals surface area contributed by atoms with Gasteiger partial charge in [-0.05, 0) is 32.2 Å². The Morgan fingerprint density at radius 2 is 2.33 bits per heavy atom. The van der Waals surface area contributed by atoms with Crippen molar-refractivity contribution in [3.8, 4) is 0 Å². The Balaban J connectivity index is 1.95. The number of rotatable bonds is 1. The van der Waals surface area contributed by atoms with Gasteiger partial charge in [0.05, 0.1) is 17.9 Å². The van der Waals surface area contributed by atoms with Gasteiger partial charge in [-0.3, -0.25) is 0 Å². The van der Waals surface area contributed by atoms with E-state index in [0.29, 0.717) is 6.04 Å². The molecule has 3 heterocycles. The smallest absolute Gasteiger partial charge is 0.126 e. The second-order valence-electron chi connectivity index (χ2n) is 4.59. The maximum absolute atomic E-state index is 6.08. The zero-order valence-corrected chi connectivity index (χ0v) is 8.95. The van der Waals surface area contributed by atoms with Crippen LogP contribution in [0.25, 0.3) is 0 Å².